The standard InChI is InChI=1S/C6H8O4S/c1-3-6-4-5(2)9-11(7,8)10-6/h1,5-6H,4H2,2H3. The summed E-state index contributed by atoms with van der Waals surface area (Å²) in [6, 6.07) is 0. The molecule has 0 spiro atoms. The molecule has 1 aliphatic rings. The largest absolute Gasteiger partial charge is 0.401 e. The minimum Gasteiger partial charge on any atom is -0.245 e. The molecule has 62 valence electrons. The molecule has 0 bridgehead atoms. The second-order valence-electron chi connectivity index (χ2n) is 2.30. The molecule has 1 fully saturated rings. The zero-order valence-corrected chi connectivity index (χ0v) is 6.80. The van der Waals surface area contributed by atoms with Crippen molar-refractivity contribution in [2.24, 2.45) is 0 Å². The molecule has 0 radical (unpaired) electrons. The molecule has 1 saturated heterocycles. The van der Waals surface area contributed by atoms with E-state index in [0.29, 0.717) is 6.42 Å². The van der Waals surface area contributed by atoms with Gasteiger partial charge in [0.2, 0.25) is 0 Å². The maximum Gasteiger partial charge on any atom is 0.401 e. The van der Waals surface area contributed by atoms with Gasteiger partial charge in [0.15, 0.2) is 0 Å². The van der Waals surface area contributed by atoms with E-state index >= 15 is 0 Å². The van der Waals surface area contributed by atoms with E-state index in [4.69, 9.17) is 6.42 Å². The van der Waals surface area contributed by atoms with E-state index < -0.39 is 22.6 Å². The molecule has 0 aromatic heterocycles. The van der Waals surface area contributed by atoms with Gasteiger partial charge in [-0.2, -0.15) is 8.42 Å². The third-order valence-corrected chi connectivity index (χ3v) is 2.28. The van der Waals surface area contributed by atoms with Crippen LogP contribution in [0, 0.1) is 12.3 Å². The van der Waals surface area contributed by atoms with Gasteiger partial charge >= 0.3 is 10.4 Å². The quantitative estimate of drug-likeness (QED) is 0.490. The lowest BCUT2D eigenvalue weighted by Gasteiger charge is -2.22. The molecule has 1 rings (SSSR count). The van der Waals surface area contributed by atoms with E-state index in [1.807, 2.05) is 0 Å². The Labute approximate surface area is 65.8 Å². The zero-order valence-electron chi connectivity index (χ0n) is 5.98. The van der Waals surface area contributed by atoms with Crippen molar-refractivity contribution in [2.75, 3.05) is 0 Å². The van der Waals surface area contributed by atoms with Crippen molar-refractivity contribution in [2.45, 2.75) is 25.6 Å². The van der Waals surface area contributed by atoms with Crippen molar-refractivity contribution in [1.82, 2.24) is 0 Å². The smallest absolute Gasteiger partial charge is 0.245 e. The predicted octanol–water partition coefficient (Wildman–Crippen LogP) is 0.0584. The summed E-state index contributed by atoms with van der Waals surface area (Å²) in [6.07, 6.45) is 4.33. The molecule has 4 nitrogen and oxygen atoms in total. The zero-order chi connectivity index (χ0) is 8.48. The Kier molecular flexibility index (Phi) is 2.18. The molecule has 0 aromatic rings. The van der Waals surface area contributed by atoms with Crippen LogP contribution >= 0.6 is 0 Å². The molecular formula is C6H8O4S. The van der Waals surface area contributed by atoms with Gasteiger partial charge in [-0.15, -0.1) is 6.42 Å². The summed E-state index contributed by atoms with van der Waals surface area (Å²) in [5.74, 6) is 2.21. The molecule has 0 amide bonds. The molecule has 1 heterocycles. The topological polar surface area (TPSA) is 52.6 Å². The fraction of sp³-hybridized carbons (Fsp3) is 0.667. The monoisotopic (exact) mass is 176 g/mol. The fourth-order valence-electron chi connectivity index (χ4n) is 0.842. The summed E-state index contributed by atoms with van der Waals surface area (Å²) in [4.78, 5) is 0. The first-order valence-electron chi connectivity index (χ1n) is 3.11. The van der Waals surface area contributed by atoms with Gasteiger partial charge in [-0.3, -0.25) is 0 Å². The van der Waals surface area contributed by atoms with Gasteiger partial charge in [0.25, 0.3) is 0 Å². The average Bonchev–Trinajstić information content (AvgIpc) is 1.83. The van der Waals surface area contributed by atoms with Crippen LogP contribution in [0.1, 0.15) is 13.3 Å². The lowest BCUT2D eigenvalue weighted by molar-refractivity contribution is 0.0753. The van der Waals surface area contributed by atoms with Crippen LogP contribution in [0.2, 0.25) is 0 Å². The first-order chi connectivity index (χ1) is 5.03. The Balaban J connectivity index is 2.76. The van der Waals surface area contributed by atoms with Crippen molar-refractivity contribution < 1.29 is 16.8 Å². The van der Waals surface area contributed by atoms with E-state index in [2.05, 4.69) is 14.3 Å². The van der Waals surface area contributed by atoms with Gasteiger partial charge in [-0.05, 0) is 6.92 Å². The molecule has 2 unspecified atom stereocenters. The predicted molar refractivity (Wildman–Crippen MR) is 37.8 cm³/mol. The van der Waals surface area contributed by atoms with E-state index in [0.717, 1.165) is 0 Å². The van der Waals surface area contributed by atoms with Crippen molar-refractivity contribution in [3.05, 3.63) is 0 Å². The van der Waals surface area contributed by atoms with Crippen LogP contribution in [-0.2, 0) is 18.8 Å². The molecular weight excluding hydrogens is 168 g/mol. The summed E-state index contributed by atoms with van der Waals surface area (Å²) in [7, 11) is -3.84. The lowest BCUT2D eigenvalue weighted by Crippen LogP contribution is -2.32. The summed E-state index contributed by atoms with van der Waals surface area (Å²) in [6.45, 7) is 1.63. The van der Waals surface area contributed by atoms with Gasteiger partial charge in [-0.25, -0.2) is 8.37 Å². The summed E-state index contributed by atoms with van der Waals surface area (Å²) < 4.78 is 30.2. The van der Waals surface area contributed by atoms with E-state index in [-0.39, 0.29) is 0 Å². The van der Waals surface area contributed by atoms with E-state index in [9.17, 15) is 8.42 Å². The summed E-state index contributed by atoms with van der Waals surface area (Å²) >= 11 is 0. The fourth-order valence-corrected chi connectivity index (χ4v) is 1.79. The molecule has 0 N–H and O–H groups in total. The maximum absolute atomic E-state index is 10.7. The molecule has 11 heavy (non-hydrogen) atoms. The second-order valence-corrected chi connectivity index (χ2v) is 3.50. The lowest BCUT2D eigenvalue weighted by atomic mass is 10.2. The van der Waals surface area contributed by atoms with Crippen molar-refractivity contribution in [3.63, 3.8) is 0 Å². The van der Waals surface area contributed by atoms with Crippen LogP contribution in [0.5, 0.6) is 0 Å². The van der Waals surface area contributed by atoms with Crippen molar-refractivity contribution in [1.29, 1.82) is 0 Å². The van der Waals surface area contributed by atoms with Crippen molar-refractivity contribution >= 4 is 10.4 Å². The van der Waals surface area contributed by atoms with Crippen LogP contribution in [0.15, 0.2) is 0 Å². The molecule has 0 aromatic carbocycles. The van der Waals surface area contributed by atoms with Gasteiger partial charge < -0.3 is 0 Å². The van der Waals surface area contributed by atoms with Gasteiger partial charge in [-0.1, -0.05) is 5.92 Å². The Morgan fingerprint density at radius 1 is 1.55 bits per heavy atom. The molecule has 0 aliphatic carbocycles. The number of hydrogen-bond acceptors (Lipinski definition) is 4. The number of terminal acetylenes is 1. The van der Waals surface area contributed by atoms with E-state index in [1.54, 1.807) is 6.92 Å². The van der Waals surface area contributed by atoms with Crippen LogP contribution < -0.4 is 0 Å². The highest BCUT2D eigenvalue weighted by molar-refractivity contribution is 7.81. The highest BCUT2D eigenvalue weighted by Crippen LogP contribution is 2.18. The van der Waals surface area contributed by atoms with Gasteiger partial charge in [0, 0.05) is 6.42 Å². The third-order valence-electron chi connectivity index (χ3n) is 1.25. The second kappa shape index (κ2) is 2.81. The van der Waals surface area contributed by atoms with Gasteiger partial charge in [0.1, 0.15) is 6.10 Å². The van der Waals surface area contributed by atoms with Crippen molar-refractivity contribution in [3.8, 4) is 12.3 Å². The van der Waals surface area contributed by atoms with E-state index in [1.165, 1.54) is 0 Å². The Morgan fingerprint density at radius 2 is 2.18 bits per heavy atom. The maximum atomic E-state index is 10.7. The van der Waals surface area contributed by atoms with Crippen LogP contribution in [0.25, 0.3) is 0 Å². The molecule has 5 heteroatoms. The average molecular weight is 176 g/mol. The Bertz CT molecular complexity index is 273. The van der Waals surface area contributed by atoms with Crippen LogP contribution in [0.3, 0.4) is 0 Å². The number of rotatable bonds is 0. The third kappa shape index (κ3) is 2.19. The Hall–Kier alpha value is -0.570. The Morgan fingerprint density at radius 3 is 2.64 bits per heavy atom. The highest BCUT2D eigenvalue weighted by atomic mass is 32.3. The van der Waals surface area contributed by atoms with Gasteiger partial charge in [0.05, 0.1) is 6.10 Å². The highest BCUT2D eigenvalue weighted by Gasteiger charge is 2.29. The van der Waals surface area contributed by atoms with Crippen LogP contribution in [-0.4, -0.2) is 20.6 Å². The first kappa shape index (κ1) is 8.53. The molecule has 1 aliphatic heterocycles. The SMILES string of the molecule is C#CC1CC(C)OS(=O)(=O)O1. The number of hydrogen-bond donors (Lipinski definition) is 0. The summed E-state index contributed by atoms with van der Waals surface area (Å²) in [5, 5.41) is 0. The van der Waals surface area contributed by atoms with Crippen LogP contribution in [0.4, 0.5) is 0 Å². The minimum absolute atomic E-state index is 0.394. The normalized spacial score (nSPS) is 36.0. The molecule has 0 saturated carbocycles. The molecule has 2 atom stereocenters. The first-order valence-corrected chi connectivity index (χ1v) is 4.44. The summed E-state index contributed by atoms with van der Waals surface area (Å²) in [5.41, 5.74) is 0. The minimum atomic E-state index is -3.84.